The van der Waals surface area contributed by atoms with E-state index in [0.717, 1.165) is 32.2 Å². The molecule has 3 N–H and O–H groups in total. The summed E-state index contributed by atoms with van der Waals surface area (Å²) >= 11 is 0. The lowest BCUT2D eigenvalue weighted by molar-refractivity contribution is -0.126. The molecule has 0 bridgehead atoms. The second-order valence-electron chi connectivity index (χ2n) is 3.90. The van der Waals surface area contributed by atoms with Crippen LogP contribution in [0.2, 0.25) is 0 Å². The fourth-order valence-corrected chi connectivity index (χ4v) is 1.79. The first-order valence-corrected chi connectivity index (χ1v) is 5.34. The first-order valence-electron chi connectivity index (χ1n) is 5.34. The molecule has 0 unspecified atom stereocenters. The molecule has 1 fully saturated rings. The number of likely N-dealkylation sites (N-methyl/N-ethyl adjacent to an activating group) is 1. The standard InChI is InChI=1S/C10H20N2O2/c1-11-6-7-12-10(14)8-2-4-9(13)5-3-8/h8-9,11,13H,2-7H2,1H3,(H,12,14). The molecule has 0 aromatic carbocycles. The molecular formula is C10H20N2O2. The molecule has 1 saturated carbocycles. The average Bonchev–Trinajstić information content (AvgIpc) is 2.19. The zero-order valence-electron chi connectivity index (χ0n) is 8.75. The largest absolute Gasteiger partial charge is 0.393 e. The van der Waals surface area contributed by atoms with Crippen molar-refractivity contribution in [2.75, 3.05) is 20.1 Å². The molecule has 82 valence electrons. The van der Waals surface area contributed by atoms with Gasteiger partial charge < -0.3 is 15.7 Å². The number of rotatable bonds is 4. The molecule has 0 atom stereocenters. The highest BCUT2D eigenvalue weighted by Gasteiger charge is 2.24. The van der Waals surface area contributed by atoms with Gasteiger partial charge in [0.2, 0.25) is 5.91 Å². The number of aliphatic hydroxyl groups is 1. The first-order chi connectivity index (χ1) is 6.74. The summed E-state index contributed by atoms with van der Waals surface area (Å²) in [7, 11) is 1.86. The van der Waals surface area contributed by atoms with Crippen molar-refractivity contribution >= 4 is 5.91 Å². The van der Waals surface area contributed by atoms with E-state index in [1.54, 1.807) is 0 Å². The molecule has 0 radical (unpaired) electrons. The smallest absolute Gasteiger partial charge is 0.223 e. The highest BCUT2D eigenvalue weighted by atomic mass is 16.3. The minimum absolute atomic E-state index is 0.121. The molecular weight excluding hydrogens is 180 g/mol. The third kappa shape index (κ3) is 3.64. The molecule has 4 heteroatoms. The van der Waals surface area contributed by atoms with Crippen LogP contribution in [0.15, 0.2) is 0 Å². The van der Waals surface area contributed by atoms with E-state index in [9.17, 15) is 9.90 Å². The minimum atomic E-state index is -0.184. The van der Waals surface area contributed by atoms with Gasteiger partial charge >= 0.3 is 0 Å². The third-order valence-electron chi connectivity index (χ3n) is 2.74. The molecule has 1 aliphatic carbocycles. The Morgan fingerprint density at radius 1 is 1.29 bits per heavy atom. The topological polar surface area (TPSA) is 61.4 Å². The number of hydrogen-bond acceptors (Lipinski definition) is 3. The predicted octanol–water partition coefficient (Wildman–Crippen LogP) is -0.127. The van der Waals surface area contributed by atoms with Crippen molar-refractivity contribution in [1.82, 2.24) is 10.6 Å². The molecule has 0 aromatic rings. The van der Waals surface area contributed by atoms with Crippen molar-refractivity contribution in [2.45, 2.75) is 31.8 Å². The summed E-state index contributed by atoms with van der Waals surface area (Å²) in [5.41, 5.74) is 0. The zero-order valence-corrected chi connectivity index (χ0v) is 8.75. The number of amides is 1. The van der Waals surface area contributed by atoms with Gasteiger partial charge in [0.05, 0.1) is 6.10 Å². The summed E-state index contributed by atoms with van der Waals surface area (Å²) in [6, 6.07) is 0. The molecule has 0 heterocycles. The van der Waals surface area contributed by atoms with Crippen LogP contribution in [0.3, 0.4) is 0 Å². The van der Waals surface area contributed by atoms with Crippen LogP contribution in [-0.2, 0) is 4.79 Å². The fraction of sp³-hybridized carbons (Fsp3) is 0.900. The van der Waals surface area contributed by atoms with E-state index in [0.29, 0.717) is 6.54 Å². The van der Waals surface area contributed by atoms with Crippen LogP contribution < -0.4 is 10.6 Å². The number of aliphatic hydroxyl groups excluding tert-OH is 1. The molecule has 4 nitrogen and oxygen atoms in total. The molecule has 0 spiro atoms. The predicted molar refractivity (Wildman–Crippen MR) is 54.9 cm³/mol. The minimum Gasteiger partial charge on any atom is -0.393 e. The van der Waals surface area contributed by atoms with Gasteiger partial charge in [-0.25, -0.2) is 0 Å². The summed E-state index contributed by atoms with van der Waals surface area (Å²) in [6.07, 6.45) is 3.00. The first kappa shape index (κ1) is 11.5. The van der Waals surface area contributed by atoms with Gasteiger partial charge in [-0.1, -0.05) is 0 Å². The van der Waals surface area contributed by atoms with Crippen LogP contribution in [0, 0.1) is 5.92 Å². The number of carbonyl (C=O) groups excluding carboxylic acids is 1. The van der Waals surface area contributed by atoms with E-state index in [4.69, 9.17) is 0 Å². The Bertz CT molecular complexity index is 177. The monoisotopic (exact) mass is 200 g/mol. The molecule has 0 aliphatic heterocycles. The van der Waals surface area contributed by atoms with E-state index >= 15 is 0 Å². The highest BCUT2D eigenvalue weighted by Crippen LogP contribution is 2.23. The van der Waals surface area contributed by atoms with Gasteiger partial charge in [0.1, 0.15) is 0 Å². The van der Waals surface area contributed by atoms with E-state index in [1.807, 2.05) is 7.05 Å². The Hall–Kier alpha value is -0.610. The molecule has 1 rings (SSSR count). The van der Waals surface area contributed by atoms with Crippen LogP contribution in [0.25, 0.3) is 0 Å². The number of nitrogens with one attached hydrogen (secondary N) is 2. The van der Waals surface area contributed by atoms with Gasteiger partial charge in [-0.3, -0.25) is 4.79 Å². The highest BCUT2D eigenvalue weighted by molar-refractivity contribution is 5.78. The number of hydrogen-bond donors (Lipinski definition) is 3. The van der Waals surface area contributed by atoms with Crippen molar-refractivity contribution in [2.24, 2.45) is 5.92 Å². The van der Waals surface area contributed by atoms with Gasteiger partial charge in [0, 0.05) is 19.0 Å². The Morgan fingerprint density at radius 2 is 1.93 bits per heavy atom. The molecule has 1 aliphatic rings. The van der Waals surface area contributed by atoms with Gasteiger partial charge in [-0.2, -0.15) is 0 Å². The Morgan fingerprint density at radius 3 is 2.50 bits per heavy atom. The second-order valence-corrected chi connectivity index (χ2v) is 3.90. The van der Waals surface area contributed by atoms with E-state index in [1.165, 1.54) is 0 Å². The van der Waals surface area contributed by atoms with E-state index in [-0.39, 0.29) is 17.9 Å². The maximum atomic E-state index is 11.6. The van der Waals surface area contributed by atoms with E-state index in [2.05, 4.69) is 10.6 Å². The maximum absolute atomic E-state index is 11.6. The number of carbonyl (C=O) groups is 1. The second kappa shape index (κ2) is 5.98. The van der Waals surface area contributed by atoms with Crippen LogP contribution in [0.5, 0.6) is 0 Å². The lowest BCUT2D eigenvalue weighted by Crippen LogP contribution is -2.37. The van der Waals surface area contributed by atoms with Gasteiger partial charge in [0.25, 0.3) is 0 Å². The average molecular weight is 200 g/mol. The van der Waals surface area contributed by atoms with Crippen molar-refractivity contribution < 1.29 is 9.90 Å². The van der Waals surface area contributed by atoms with Crippen LogP contribution in [0.1, 0.15) is 25.7 Å². The summed E-state index contributed by atoms with van der Waals surface area (Å²) in [6.45, 7) is 1.50. The zero-order chi connectivity index (χ0) is 10.4. The maximum Gasteiger partial charge on any atom is 0.223 e. The lowest BCUT2D eigenvalue weighted by Gasteiger charge is -2.24. The Labute approximate surface area is 85.1 Å². The van der Waals surface area contributed by atoms with Crippen molar-refractivity contribution in [3.05, 3.63) is 0 Å². The summed E-state index contributed by atoms with van der Waals surface area (Å²) < 4.78 is 0. The Kier molecular flexibility index (Phi) is 4.90. The normalized spacial score (nSPS) is 27.3. The quantitative estimate of drug-likeness (QED) is 0.554. The summed E-state index contributed by atoms with van der Waals surface area (Å²) in [5.74, 6) is 0.266. The van der Waals surface area contributed by atoms with Gasteiger partial charge in [0.15, 0.2) is 0 Å². The van der Waals surface area contributed by atoms with E-state index < -0.39 is 0 Å². The van der Waals surface area contributed by atoms with Gasteiger partial charge in [-0.05, 0) is 32.7 Å². The summed E-state index contributed by atoms with van der Waals surface area (Å²) in [5, 5.41) is 15.1. The summed E-state index contributed by atoms with van der Waals surface area (Å²) in [4.78, 5) is 11.6. The third-order valence-corrected chi connectivity index (χ3v) is 2.74. The van der Waals surface area contributed by atoms with Crippen LogP contribution in [-0.4, -0.2) is 37.3 Å². The van der Waals surface area contributed by atoms with Crippen LogP contribution >= 0.6 is 0 Å². The SMILES string of the molecule is CNCCNC(=O)C1CCC(O)CC1. The van der Waals surface area contributed by atoms with Gasteiger partial charge in [-0.15, -0.1) is 0 Å². The van der Waals surface area contributed by atoms with Crippen LogP contribution in [0.4, 0.5) is 0 Å². The fourth-order valence-electron chi connectivity index (χ4n) is 1.79. The molecule has 14 heavy (non-hydrogen) atoms. The Balaban J connectivity index is 2.17. The molecule has 0 aromatic heterocycles. The van der Waals surface area contributed by atoms with Crippen molar-refractivity contribution in [3.63, 3.8) is 0 Å². The molecule has 0 saturated heterocycles. The lowest BCUT2D eigenvalue weighted by atomic mass is 9.87. The molecule has 1 amide bonds. The van der Waals surface area contributed by atoms with Crippen molar-refractivity contribution in [1.29, 1.82) is 0 Å². The van der Waals surface area contributed by atoms with Crippen molar-refractivity contribution in [3.8, 4) is 0 Å².